The van der Waals surface area contributed by atoms with Crippen LogP contribution in [0.2, 0.25) is 0 Å². The predicted molar refractivity (Wildman–Crippen MR) is 154 cm³/mol. The van der Waals surface area contributed by atoms with Crippen molar-refractivity contribution in [3.8, 4) is 5.75 Å². The van der Waals surface area contributed by atoms with Crippen LogP contribution in [0.1, 0.15) is 17.0 Å². The zero-order chi connectivity index (χ0) is 27.0. The minimum absolute atomic E-state index is 0.286. The lowest BCUT2D eigenvalue weighted by atomic mass is 9.64. The van der Waals surface area contributed by atoms with Crippen LogP contribution < -0.4 is 9.64 Å². The Kier molecular flexibility index (Phi) is 4.86. The summed E-state index contributed by atoms with van der Waals surface area (Å²) in [4.78, 5) is 43.5. The molecule has 8 rings (SSSR count). The number of fused-ring (bicyclic) bond motifs is 8. The smallest absolute Gasteiger partial charge is 0.319 e. The number of amides is 2. The van der Waals surface area contributed by atoms with Gasteiger partial charge in [0.25, 0.3) is 0 Å². The van der Waals surface area contributed by atoms with Gasteiger partial charge in [-0.2, -0.15) is 0 Å². The van der Waals surface area contributed by atoms with Gasteiger partial charge in [0.2, 0.25) is 11.8 Å². The lowest BCUT2D eigenvalue weighted by molar-refractivity contribution is -0.142. The number of anilines is 1. The molecule has 0 unspecified atom stereocenters. The van der Waals surface area contributed by atoms with Crippen molar-refractivity contribution in [3.05, 3.63) is 126 Å². The van der Waals surface area contributed by atoms with E-state index in [1.54, 1.807) is 0 Å². The zero-order valence-corrected chi connectivity index (χ0v) is 21.4. The van der Waals surface area contributed by atoms with E-state index in [9.17, 15) is 14.4 Å². The van der Waals surface area contributed by atoms with E-state index in [1.165, 1.54) is 4.90 Å². The Bertz CT molecular complexity index is 1920. The minimum Gasteiger partial charge on any atom is -0.425 e. The number of hydrogen-bond acceptors (Lipinski definition) is 4. The van der Waals surface area contributed by atoms with E-state index in [-0.39, 0.29) is 17.7 Å². The molecular formula is C35H23NO4. The second kappa shape index (κ2) is 8.48. The molecule has 2 aliphatic heterocycles. The van der Waals surface area contributed by atoms with Crippen molar-refractivity contribution >= 4 is 50.6 Å². The molecule has 1 saturated heterocycles. The molecule has 4 atom stereocenters. The lowest BCUT2D eigenvalue weighted by Crippen LogP contribution is -2.42. The summed E-state index contributed by atoms with van der Waals surface area (Å²) in [6.45, 7) is 0. The predicted octanol–water partition coefficient (Wildman–Crippen LogP) is 6.51. The third-order valence-corrected chi connectivity index (χ3v) is 8.66. The topological polar surface area (TPSA) is 63.7 Å². The Hall–Kier alpha value is -5.03. The first-order valence-electron chi connectivity index (χ1n) is 13.5. The van der Waals surface area contributed by atoms with Gasteiger partial charge >= 0.3 is 5.97 Å². The monoisotopic (exact) mass is 521 g/mol. The molecule has 5 heteroatoms. The Morgan fingerprint density at radius 1 is 0.625 bits per heavy atom. The standard InChI is InChI=1S/C35H23NO4/c37-33-29-27(21-9-2-1-3-10-21)19-28-26-17-15-22-11-6-7-13-25(22)32(26)40-35(39)30(28)31(29)34(38)36(33)24-16-14-20-8-4-5-12-23(20)18-24/h1-19,27,29-31H/t27-,29+,30+,31-/m1/s1. The highest BCUT2D eigenvalue weighted by molar-refractivity contribution is 6.25. The number of nitrogens with zero attached hydrogens (tertiary/aromatic N) is 1. The number of carbonyl (C=O) groups is 3. The number of esters is 1. The highest BCUT2D eigenvalue weighted by Gasteiger charge is 2.60. The van der Waals surface area contributed by atoms with Crippen LogP contribution in [0.25, 0.3) is 27.1 Å². The van der Waals surface area contributed by atoms with E-state index in [0.29, 0.717) is 11.4 Å². The number of carbonyl (C=O) groups excluding carboxylic acids is 3. The Balaban J connectivity index is 1.32. The molecule has 40 heavy (non-hydrogen) atoms. The second-order valence-corrected chi connectivity index (χ2v) is 10.7. The fraction of sp³-hybridized carbons (Fsp3) is 0.114. The van der Waals surface area contributed by atoms with Crippen LogP contribution in [0.5, 0.6) is 5.75 Å². The molecule has 3 aliphatic rings. The van der Waals surface area contributed by atoms with Gasteiger partial charge in [0.15, 0.2) is 0 Å². The van der Waals surface area contributed by atoms with Gasteiger partial charge in [0.05, 0.1) is 23.4 Å². The number of imide groups is 1. The van der Waals surface area contributed by atoms with E-state index >= 15 is 0 Å². The highest BCUT2D eigenvalue weighted by Crippen LogP contribution is 2.55. The van der Waals surface area contributed by atoms with E-state index in [0.717, 1.165) is 38.2 Å². The third-order valence-electron chi connectivity index (χ3n) is 8.66. The average Bonchev–Trinajstić information content (AvgIpc) is 3.26. The van der Waals surface area contributed by atoms with Gasteiger partial charge in [0, 0.05) is 16.9 Å². The highest BCUT2D eigenvalue weighted by atomic mass is 16.5. The summed E-state index contributed by atoms with van der Waals surface area (Å²) in [6, 6.07) is 35.0. The molecule has 2 heterocycles. The molecule has 1 aliphatic carbocycles. The van der Waals surface area contributed by atoms with Gasteiger partial charge in [-0.25, -0.2) is 4.90 Å². The zero-order valence-electron chi connectivity index (χ0n) is 21.4. The molecular weight excluding hydrogens is 498 g/mol. The molecule has 192 valence electrons. The SMILES string of the molecule is O=C1Oc2c(ccc3ccccc23)C2=C[C@H](c3ccccc3)[C@@H]3C(=O)N(c4ccc5ccccc5c4)C(=O)[C@H]3[C@@H]12. The van der Waals surface area contributed by atoms with Crippen molar-refractivity contribution in [2.24, 2.45) is 17.8 Å². The first-order valence-corrected chi connectivity index (χ1v) is 13.5. The van der Waals surface area contributed by atoms with Crippen LogP contribution in [0.3, 0.4) is 0 Å². The van der Waals surface area contributed by atoms with Crippen molar-refractivity contribution in [1.82, 2.24) is 0 Å². The number of benzene rings is 5. The number of rotatable bonds is 2. The van der Waals surface area contributed by atoms with Gasteiger partial charge in [-0.1, -0.05) is 103 Å². The maximum absolute atomic E-state index is 14.3. The summed E-state index contributed by atoms with van der Waals surface area (Å²) in [5, 5.41) is 3.77. The summed E-state index contributed by atoms with van der Waals surface area (Å²) >= 11 is 0. The first-order chi connectivity index (χ1) is 19.6. The first kappa shape index (κ1) is 22.9. The van der Waals surface area contributed by atoms with Crippen molar-refractivity contribution in [2.75, 3.05) is 4.90 Å². The van der Waals surface area contributed by atoms with Gasteiger partial charge < -0.3 is 4.74 Å². The van der Waals surface area contributed by atoms with Crippen LogP contribution in [0.15, 0.2) is 115 Å². The molecule has 0 saturated carbocycles. The maximum atomic E-state index is 14.3. The van der Waals surface area contributed by atoms with E-state index in [2.05, 4.69) is 0 Å². The van der Waals surface area contributed by atoms with Crippen molar-refractivity contribution in [1.29, 1.82) is 0 Å². The minimum atomic E-state index is -0.865. The van der Waals surface area contributed by atoms with Gasteiger partial charge in [-0.15, -0.1) is 0 Å². The average molecular weight is 522 g/mol. The number of allylic oxidation sites excluding steroid dienone is 1. The Morgan fingerprint density at radius 3 is 2.12 bits per heavy atom. The van der Waals surface area contributed by atoms with Crippen LogP contribution in [-0.4, -0.2) is 17.8 Å². The van der Waals surface area contributed by atoms with Crippen LogP contribution in [-0.2, 0) is 14.4 Å². The van der Waals surface area contributed by atoms with Gasteiger partial charge in [-0.05, 0) is 39.4 Å². The van der Waals surface area contributed by atoms with E-state index in [1.807, 2.05) is 115 Å². The molecule has 0 spiro atoms. The summed E-state index contributed by atoms with van der Waals surface area (Å²) < 4.78 is 5.98. The normalized spacial score (nSPS) is 23.4. The summed E-state index contributed by atoms with van der Waals surface area (Å²) in [6.07, 6.45) is 2.03. The van der Waals surface area contributed by atoms with E-state index in [4.69, 9.17) is 4.74 Å². The molecule has 2 amide bonds. The van der Waals surface area contributed by atoms with Crippen LogP contribution in [0.4, 0.5) is 5.69 Å². The fourth-order valence-electron chi connectivity index (χ4n) is 6.86. The Labute approximate surface area is 230 Å². The van der Waals surface area contributed by atoms with E-state index < -0.39 is 23.7 Å². The van der Waals surface area contributed by atoms with Crippen molar-refractivity contribution in [2.45, 2.75) is 5.92 Å². The maximum Gasteiger partial charge on any atom is 0.319 e. The molecule has 0 bridgehead atoms. The number of hydrogen-bond donors (Lipinski definition) is 0. The van der Waals surface area contributed by atoms with Crippen LogP contribution >= 0.6 is 0 Å². The molecule has 0 aromatic heterocycles. The molecule has 0 radical (unpaired) electrons. The quantitative estimate of drug-likeness (QED) is 0.151. The molecule has 0 N–H and O–H groups in total. The second-order valence-electron chi connectivity index (χ2n) is 10.7. The van der Waals surface area contributed by atoms with Crippen LogP contribution in [0, 0.1) is 17.8 Å². The summed E-state index contributed by atoms with van der Waals surface area (Å²) in [5.41, 5.74) is 3.01. The molecule has 5 nitrogen and oxygen atoms in total. The molecule has 5 aromatic rings. The molecule has 5 aromatic carbocycles. The van der Waals surface area contributed by atoms with Gasteiger partial charge in [0.1, 0.15) is 5.75 Å². The summed E-state index contributed by atoms with van der Waals surface area (Å²) in [5.74, 6) is -3.43. The number of ether oxygens (including phenoxy) is 1. The van der Waals surface area contributed by atoms with Crippen molar-refractivity contribution < 1.29 is 19.1 Å². The van der Waals surface area contributed by atoms with Gasteiger partial charge in [-0.3, -0.25) is 14.4 Å². The fourth-order valence-corrected chi connectivity index (χ4v) is 6.86. The molecule has 1 fully saturated rings. The third kappa shape index (κ3) is 3.18. The Morgan fingerprint density at radius 2 is 1.30 bits per heavy atom. The largest absolute Gasteiger partial charge is 0.425 e. The van der Waals surface area contributed by atoms with Crippen molar-refractivity contribution in [3.63, 3.8) is 0 Å². The summed E-state index contributed by atoms with van der Waals surface area (Å²) in [7, 11) is 0. The lowest BCUT2D eigenvalue weighted by Gasteiger charge is -2.38.